The number of hydrazine groups is 1. The number of urea groups is 1. The highest BCUT2D eigenvalue weighted by molar-refractivity contribution is 7.18. The highest BCUT2D eigenvalue weighted by Gasteiger charge is 2.34. The summed E-state index contributed by atoms with van der Waals surface area (Å²) in [5.41, 5.74) is 6.86. The van der Waals surface area contributed by atoms with Crippen LogP contribution in [0.2, 0.25) is 0 Å². The van der Waals surface area contributed by atoms with Gasteiger partial charge in [0.05, 0.1) is 31.2 Å². The number of aryl methyl sites for hydroxylation is 1. The first kappa shape index (κ1) is 26.7. The summed E-state index contributed by atoms with van der Waals surface area (Å²) in [6, 6.07) is -1.15. The van der Waals surface area contributed by atoms with Crippen LogP contribution in [0.4, 0.5) is 9.59 Å². The predicted molar refractivity (Wildman–Crippen MR) is 131 cm³/mol. The highest BCUT2D eigenvalue weighted by Crippen LogP contribution is 2.34. The largest absolute Gasteiger partial charge is 0.443 e. The number of fused-ring (bicyclic) bond motifs is 1. The number of thiophene rings is 1. The van der Waals surface area contributed by atoms with Gasteiger partial charge in [-0.25, -0.2) is 24.8 Å². The van der Waals surface area contributed by atoms with Crippen molar-refractivity contribution in [2.24, 2.45) is 5.73 Å². The lowest BCUT2D eigenvalue weighted by Crippen LogP contribution is -2.49. The fourth-order valence-corrected chi connectivity index (χ4v) is 5.24. The van der Waals surface area contributed by atoms with Crippen molar-refractivity contribution in [3.63, 3.8) is 0 Å². The van der Waals surface area contributed by atoms with Crippen LogP contribution in [-0.2, 0) is 27.3 Å². The van der Waals surface area contributed by atoms with Crippen molar-refractivity contribution in [1.82, 2.24) is 19.6 Å². The second kappa shape index (κ2) is 10.4. The van der Waals surface area contributed by atoms with E-state index < -0.39 is 23.4 Å². The second-order valence-electron chi connectivity index (χ2n) is 9.45. The fraction of sp³-hybridized carbons (Fsp3) is 0.636. The zero-order valence-corrected chi connectivity index (χ0v) is 21.7. The third kappa shape index (κ3) is 5.68. The summed E-state index contributed by atoms with van der Waals surface area (Å²) in [5, 5.41) is 1.31. The lowest BCUT2D eigenvalue weighted by atomic mass is 9.89. The van der Waals surface area contributed by atoms with Gasteiger partial charge in [-0.15, -0.1) is 11.3 Å². The average Bonchev–Trinajstić information content (AvgIpc) is 3.03. The first-order valence-electron chi connectivity index (χ1n) is 11.2. The molecule has 0 spiro atoms. The minimum Gasteiger partial charge on any atom is -0.443 e. The number of carbonyl (C=O) groups is 2. The molecule has 3 amide bonds. The minimum absolute atomic E-state index is 0.0107. The van der Waals surface area contributed by atoms with Gasteiger partial charge in [-0.1, -0.05) is 0 Å². The van der Waals surface area contributed by atoms with Crippen molar-refractivity contribution in [3.8, 4) is 0 Å². The molecule has 0 bridgehead atoms. The van der Waals surface area contributed by atoms with E-state index in [9.17, 15) is 19.2 Å². The lowest BCUT2D eigenvalue weighted by molar-refractivity contribution is 0.00357. The molecule has 3 N–H and O–H groups in total. The van der Waals surface area contributed by atoms with E-state index in [1.54, 1.807) is 34.8 Å². The zero-order valence-electron chi connectivity index (χ0n) is 20.9. The van der Waals surface area contributed by atoms with Crippen LogP contribution in [0.3, 0.4) is 0 Å². The van der Waals surface area contributed by atoms with E-state index in [0.717, 1.165) is 5.01 Å². The van der Waals surface area contributed by atoms with Gasteiger partial charge in [0.1, 0.15) is 10.4 Å². The Morgan fingerprint density at radius 3 is 2.43 bits per heavy atom. The molecule has 0 unspecified atom stereocenters. The fourth-order valence-electron chi connectivity index (χ4n) is 3.93. The van der Waals surface area contributed by atoms with Crippen LogP contribution in [0.25, 0.3) is 10.2 Å². The van der Waals surface area contributed by atoms with E-state index in [-0.39, 0.29) is 37.4 Å². The van der Waals surface area contributed by atoms with Crippen molar-refractivity contribution in [2.75, 3.05) is 20.8 Å². The van der Waals surface area contributed by atoms with Gasteiger partial charge >= 0.3 is 17.8 Å². The Morgan fingerprint density at radius 1 is 1.23 bits per heavy atom. The van der Waals surface area contributed by atoms with E-state index in [4.69, 9.17) is 19.9 Å². The van der Waals surface area contributed by atoms with Crippen LogP contribution in [-0.4, -0.2) is 58.8 Å². The maximum atomic E-state index is 13.5. The topological polar surface area (TPSA) is 147 Å². The summed E-state index contributed by atoms with van der Waals surface area (Å²) >= 11 is 1.19. The smallest absolute Gasteiger partial charge is 0.426 e. The van der Waals surface area contributed by atoms with Crippen LogP contribution >= 0.6 is 11.3 Å². The molecule has 0 aromatic carbocycles. The third-order valence-electron chi connectivity index (χ3n) is 5.82. The molecule has 0 saturated heterocycles. The summed E-state index contributed by atoms with van der Waals surface area (Å²) in [4.78, 5) is 52.1. The lowest BCUT2D eigenvalue weighted by Gasteiger charge is -2.35. The maximum Gasteiger partial charge on any atom is 0.426 e. The SMILES string of the molecule is COCCn1c(=O)n([C@H]2C[C@H](OC)C2)c(=O)c2c(C)c(CN(NC(=O)OC(C)(C)C)C(N)=O)sc21. The number of hydrogen-bond donors (Lipinski definition) is 2. The Balaban J connectivity index is 2.04. The number of carbonyl (C=O) groups excluding carboxylic acids is 2. The average molecular weight is 512 g/mol. The molecule has 0 atom stereocenters. The van der Waals surface area contributed by atoms with Gasteiger partial charge in [0.2, 0.25) is 0 Å². The van der Waals surface area contributed by atoms with Gasteiger partial charge in [-0.05, 0) is 46.1 Å². The summed E-state index contributed by atoms with van der Waals surface area (Å²) in [6.45, 7) is 7.25. The molecule has 2 heterocycles. The molecule has 2 aromatic heterocycles. The van der Waals surface area contributed by atoms with E-state index in [1.807, 2.05) is 0 Å². The van der Waals surface area contributed by atoms with Crippen molar-refractivity contribution in [3.05, 3.63) is 31.3 Å². The number of nitrogens with one attached hydrogen (secondary N) is 1. The standard InChI is InChI=1S/C22H33N5O7S/c1-12-15(11-26(19(23)29)24-20(30)34-22(2,3)4)35-18-16(12)17(28)27(13-9-14(10-13)33-6)21(31)25(18)7-8-32-5/h13-14H,7-11H2,1-6H3,(H2,23,29)(H,24,30)/t13-,14-. The number of nitrogens with two attached hydrogens (primary N) is 1. The molecule has 12 nitrogen and oxygen atoms in total. The Bertz CT molecular complexity index is 1220. The number of amides is 3. The molecule has 1 aliphatic carbocycles. The first-order valence-corrected chi connectivity index (χ1v) is 12.0. The number of rotatable bonds is 7. The van der Waals surface area contributed by atoms with Crippen molar-refractivity contribution >= 4 is 33.7 Å². The van der Waals surface area contributed by atoms with Gasteiger partial charge in [0.15, 0.2) is 0 Å². The van der Waals surface area contributed by atoms with Gasteiger partial charge < -0.3 is 19.9 Å². The molecular weight excluding hydrogens is 478 g/mol. The highest BCUT2D eigenvalue weighted by atomic mass is 32.1. The van der Waals surface area contributed by atoms with Crippen molar-refractivity contribution in [1.29, 1.82) is 0 Å². The van der Waals surface area contributed by atoms with Crippen LogP contribution in [0, 0.1) is 6.92 Å². The number of hydrogen-bond acceptors (Lipinski definition) is 8. The number of primary amides is 1. The molecule has 35 heavy (non-hydrogen) atoms. The Kier molecular flexibility index (Phi) is 7.92. The molecule has 13 heteroatoms. The molecule has 0 radical (unpaired) electrons. The normalized spacial score (nSPS) is 17.8. The predicted octanol–water partition coefficient (Wildman–Crippen LogP) is 1.85. The Morgan fingerprint density at radius 2 is 1.89 bits per heavy atom. The molecular formula is C22H33N5O7S. The number of ether oxygens (including phenoxy) is 3. The van der Waals surface area contributed by atoms with Gasteiger partial charge in [-0.3, -0.25) is 13.9 Å². The maximum absolute atomic E-state index is 13.5. The van der Waals surface area contributed by atoms with Crippen molar-refractivity contribution in [2.45, 2.75) is 71.4 Å². The van der Waals surface area contributed by atoms with E-state index >= 15 is 0 Å². The van der Waals surface area contributed by atoms with Crippen LogP contribution in [0.5, 0.6) is 0 Å². The zero-order chi connectivity index (χ0) is 26.1. The van der Waals surface area contributed by atoms with E-state index in [1.165, 1.54) is 27.6 Å². The molecule has 194 valence electrons. The molecule has 1 fully saturated rings. The first-order chi connectivity index (χ1) is 16.4. The quantitative estimate of drug-likeness (QED) is 0.539. The van der Waals surface area contributed by atoms with Crippen LogP contribution in [0.1, 0.15) is 50.1 Å². The molecule has 1 saturated carbocycles. The molecule has 2 aromatic rings. The van der Waals surface area contributed by atoms with Gasteiger partial charge in [0, 0.05) is 25.1 Å². The van der Waals surface area contributed by atoms with Gasteiger partial charge in [0.25, 0.3) is 5.56 Å². The van der Waals surface area contributed by atoms with E-state index in [2.05, 4.69) is 5.43 Å². The van der Waals surface area contributed by atoms with Crippen LogP contribution in [0.15, 0.2) is 9.59 Å². The van der Waals surface area contributed by atoms with Crippen molar-refractivity contribution < 1.29 is 23.8 Å². The monoisotopic (exact) mass is 511 g/mol. The Labute approximate surface area is 206 Å². The Hall–Kier alpha value is -2.90. The summed E-state index contributed by atoms with van der Waals surface area (Å²) in [7, 11) is 3.14. The summed E-state index contributed by atoms with van der Waals surface area (Å²) in [5.74, 6) is 0. The molecule has 0 aliphatic heterocycles. The molecule has 3 rings (SSSR count). The molecule has 1 aliphatic rings. The number of nitrogens with zero attached hydrogens (tertiary/aromatic N) is 3. The minimum atomic E-state index is -0.901. The summed E-state index contributed by atoms with van der Waals surface area (Å²) in [6.07, 6.45) is 0.322. The number of aromatic nitrogens is 2. The number of methoxy groups -OCH3 is 2. The van der Waals surface area contributed by atoms with Crippen LogP contribution < -0.4 is 22.4 Å². The third-order valence-corrected chi connectivity index (χ3v) is 7.12. The van der Waals surface area contributed by atoms with Gasteiger partial charge in [-0.2, -0.15) is 0 Å². The van der Waals surface area contributed by atoms with E-state index in [0.29, 0.717) is 33.5 Å². The summed E-state index contributed by atoms with van der Waals surface area (Å²) < 4.78 is 18.5. The second-order valence-corrected chi connectivity index (χ2v) is 10.5.